The molecule has 20 heavy (non-hydrogen) atoms. The van der Waals surface area contributed by atoms with Crippen LogP contribution in [-0.2, 0) is 11.3 Å². The molecule has 1 heterocycles. The van der Waals surface area contributed by atoms with E-state index in [0.717, 1.165) is 0 Å². The third-order valence-electron chi connectivity index (χ3n) is 2.94. The number of nitrogens with two attached hydrogens (primary N) is 1. The van der Waals surface area contributed by atoms with Crippen molar-refractivity contribution in [3.63, 3.8) is 0 Å². The second-order valence-electron chi connectivity index (χ2n) is 5.04. The van der Waals surface area contributed by atoms with Gasteiger partial charge in [-0.1, -0.05) is 19.9 Å². The number of nitrogens with zero attached hydrogens (tertiary/aromatic N) is 3. The van der Waals surface area contributed by atoms with Gasteiger partial charge < -0.3 is 15.6 Å². The number of hydrogen-bond acceptors (Lipinski definition) is 4. The molecular formula is C14H17N5O. The van der Waals surface area contributed by atoms with E-state index in [1.807, 2.05) is 13.8 Å². The van der Waals surface area contributed by atoms with Gasteiger partial charge in [0.2, 0.25) is 11.9 Å². The molecule has 3 N–H and O–H groups in total. The lowest BCUT2D eigenvalue weighted by Gasteiger charge is -2.09. The molecule has 1 amide bonds. The number of anilines is 1. The molecule has 0 spiro atoms. The molecule has 0 fully saturated rings. The summed E-state index contributed by atoms with van der Waals surface area (Å²) in [4.78, 5) is 16.1. The molecule has 0 bridgehead atoms. The molecule has 1 aromatic heterocycles. The monoisotopic (exact) mass is 271 g/mol. The normalized spacial score (nSPS) is 10.7. The van der Waals surface area contributed by atoms with Gasteiger partial charge in [0.15, 0.2) is 0 Å². The van der Waals surface area contributed by atoms with Crippen molar-refractivity contribution in [3.8, 4) is 6.07 Å². The number of imidazole rings is 1. The zero-order valence-corrected chi connectivity index (χ0v) is 11.6. The van der Waals surface area contributed by atoms with E-state index in [9.17, 15) is 4.79 Å². The van der Waals surface area contributed by atoms with Crippen LogP contribution in [0, 0.1) is 17.2 Å². The summed E-state index contributed by atoms with van der Waals surface area (Å²) in [6, 6.07) is 7.31. The van der Waals surface area contributed by atoms with Crippen LogP contribution >= 0.6 is 0 Å². The molecule has 1 aromatic carbocycles. The predicted molar refractivity (Wildman–Crippen MR) is 76.7 cm³/mol. The molecule has 0 radical (unpaired) electrons. The van der Waals surface area contributed by atoms with E-state index in [-0.39, 0.29) is 18.4 Å². The Morgan fingerprint density at radius 2 is 2.30 bits per heavy atom. The van der Waals surface area contributed by atoms with Crippen LogP contribution in [0.15, 0.2) is 18.2 Å². The summed E-state index contributed by atoms with van der Waals surface area (Å²) in [5, 5.41) is 11.9. The lowest BCUT2D eigenvalue weighted by atomic mass is 10.2. The first kappa shape index (κ1) is 13.9. The van der Waals surface area contributed by atoms with Gasteiger partial charge in [-0.3, -0.25) is 4.79 Å². The highest BCUT2D eigenvalue weighted by Crippen LogP contribution is 2.20. The summed E-state index contributed by atoms with van der Waals surface area (Å²) in [6.45, 7) is 4.78. The van der Waals surface area contributed by atoms with Gasteiger partial charge in [-0.05, 0) is 18.1 Å². The van der Waals surface area contributed by atoms with Gasteiger partial charge in [0.1, 0.15) is 18.1 Å². The predicted octanol–water partition coefficient (Wildman–Crippen LogP) is 1.26. The van der Waals surface area contributed by atoms with Crippen LogP contribution in [0.5, 0.6) is 0 Å². The molecule has 6 nitrogen and oxygen atoms in total. The molecule has 2 aromatic rings. The lowest BCUT2D eigenvalue weighted by molar-refractivity contribution is -0.121. The number of carbonyl (C=O) groups is 1. The molecule has 104 valence electrons. The van der Waals surface area contributed by atoms with Crippen molar-refractivity contribution in [2.75, 3.05) is 12.3 Å². The Labute approximate surface area is 117 Å². The Bertz CT molecular complexity index is 681. The Balaban J connectivity index is 2.29. The molecular weight excluding hydrogens is 254 g/mol. The quantitative estimate of drug-likeness (QED) is 0.874. The van der Waals surface area contributed by atoms with Gasteiger partial charge in [-0.15, -0.1) is 0 Å². The van der Waals surface area contributed by atoms with Crippen LogP contribution < -0.4 is 11.1 Å². The number of rotatable bonds is 4. The van der Waals surface area contributed by atoms with Crippen LogP contribution in [0.2, 0.25) is 0 Å². The Kier molecular flexibility index (Phi) is 3.89. The standard InChI is InChI=1S/C14H17N5O/c1-9(2)7-17-12(20)8-19-11-5-3-4-10(6-15)13(11)18-14(19)16/h3-5,9H,7-8H2,1-2H3,(H2,16,18)(H,17,20). The van der Waals surface area contributed by atoms with Crippen LogP contribution in [0.25, 0.3) is 11.0 Å². The van der Waals surface area contributed by atoms with Crippen LogP contribution in [0.1, 0.15) is 19.4 Å². The maximum Gasteiger partial charge on any atom is 0.240 e. The number of aromatic nitrogens is 2. The van der Waals surface area contributed by atoms with E-state index in [1.54, 1.807) is 22.8 Å². The van der Waals surface area contributed by atoms with Crippen LogP contribution in [0.3, 0.4) is 0 Å². The van der Waals surface area contributed by atoms with E-state index < -0.39 is 0 Å². The second kappa shape index (κ2) is 5.61. The van der Waals surface area contributed by atoms with E-state index in [2.05, 4.69) is 16.4 Å². The minimum absolute atomic E-state index is 0.101. The van der Waals surface area contributed by atoms with Gasteiger partial charge in [0, 0.05) is 6.54 Å². The van der Waals surface area contributed by atoms with Crippen molar-refractivity contribution in [2.24, 2.45) is 5.92 Å². The number of fused-ring (bicyclic) bond motifs is 1. The first-order chi connectivity index (χ1) is 9.52. The largest absolute Gasteiger partial charge is 0.369 e. The smallest absolute Gasteiger partial charge is 0.240 e. The highest BCUT2D eigenvalue weighted by Gasteiger charge is 2.13. The van der Waals surface area contributed by atoms with E-state index in [0.29, 0.717) is 29.1 Å². The van der Waals surface area contributed by atoms with Gasteiger partial charge in [-0.25, -0.2) is 4.98 Å². The number of benzene rings is 1. The van der Waals surface area contributed by atoms with E-state index >= 15 is 0 Å². The first-order valence-electron chi connectivity index (χ1n) is 6.44. The maximum atomic E-state index is 11.9. The lowest BCUT2D eigenvalue weighted by Crippen LogP contribution is -2.30. The summed E-state index contributed by atoms with van der Waals surface area (Å²) in [5.41, 5.74) is 7.53. The number of nitrogen functional groups attached to an aromatic ring is 1. The highest BCUT2D eigenvalue weighted by molar-refractivity contribution is 5.86. The average molecular weight is 271 g/mol. The van der Waals surface area contributed by atoms with Crippen molar-refractivity contribution in [1.29, 1.82) is 5.26 Å². The van der Waals surface area contributed by atoms with Crippen molar-refractivity contribution in [1.82, 2.24) is 14.9 Å². The zero-order valence-electron chi connectivity index (χ0n) is 11.6. The summed E-state index contributed by atoms with van der Waals surface area (Å²) in [6.07, 6.45) is 0. The Morgan fingerprint density at radius 1 is 1.55 bits per heavy atom. The van der Waals surface area contributed by atoms with Gasteiger partial charge in [0.25, 0.3) is 0 Å². The summed E-state index contributed by atoms with van der Waals surface area (Å²) < 4.78 is 1.62. The molecule has 0 aliphatic rings. The summed E-state index contributed by atoms with van der Waals surface area (Å²) in [5.74, 6) is 0.510. The summed E-state index contributed by atoms with van der Waals surface area (Å²) >= 11 is 0. The average Bonchev–Trinajstić information content (AvgIpc) is 2.73. The van der Waals surface area contributed by atoms with Crippen LogP contribution in [0.4, 0.5) is 5.95 Å². The number of hydrogen-bond donors (Lipinski definition) is 2. The SMILES string of the molecule is CC(C)CNC(=O)Cn1c(N)nc2c(C#N)cccc21. The fraction of sp³-hybridized carbons (Fsp3) is 0.357. The Morgan fingerprint density at radius 3 is 2.95 bits per heavy atom. The van der Waals surface area contributed by atoms with Crippen molar-refractivity contribution >= 4 is 22.9 Å². The fourth-order valence-electron chi connectivity index (χ4n) is 1.94. The van der Waals surface area contributed by atoms with Crippen molar-refractivity contribution in [2.45, 2.75) is 20.4 Å². The number of para-hydroxylation sites is 1. The van der Waals surface area contributed by atoms with Gasteiger partial charge in [0.05, 0.1) is 11.1 Å². The molecule has 0 aliphatic heterocycles. The van der Waals surface area contributed by atoms with Crippen molar-refractivity contribution in [3.05, 3.63) is 23.8 Å². The van der Waals surface area contributed by atoms with Crippen molar-refractivity contribution < 1.29 is 4.79 Å². The van der Waals surface area contributed by atoms with Crippen LogP contribution in [-0.4, -0.2) is 22.0 Å². The topological polar surface area (TPSA) is 96.7 Å². The number of carbonyl (C=O) groups excluding carboxylic acids is 1. The van der Waals surface area contributed by atoms with E-state index in [4.69, 9.17) is 11.0 Å². The minimum Gasteiger partial charge on any atom is -0.369 e. The zero-order chi connectivity index (χ0) is 14.7. The Hall–Kier alpha value is -2.55. The molecule has 0 atom stereocenters. The highest BCUT2D eigenvalue weighted by atomic mass is 16.1. The molecule has 6 heteroatoms. The van der Waals surface area contributed by atoms with E-state index in [1.165, 1.54) is 0 Å². The molecule has 0 aliphatic carbocycles. The minimum atomic E-state index is -0.118. The summed E-state index contributed by atoms with van der Waals surface area (Å²) in [7, 11) is 0. The molecule has 0 saturated heterocycles. The molecule has 0 unspecified atom stereocenters. The number of nitrogens with one attached hydrogen (secondary N) is 1. The second-order valence-corrected chi connectivity index (χ2v) is 5.04. The number of amides is 1. The first-order valence-corrected chi connectivity index (χ1v) is 6.44. The molecule has 0 saturated carbocycles. The molecule has 2 rings (SSSR count). The number of nitriles is 1. The fourth-order valence-corrected chi connectivity index (χ4v) is 1.94. The van der Waals surface area contributed by atoms with Gasteiger partial charge >= 0.3 is 0 Å². The third kappa shape index (κ3) is 2.72. The third-order valence-corrected chi connectivity index (χ3v) is 2.94. The maximum absolute atomic E-state index is 11.9. The van der Waals surface area contributed by atoms with Gasteiger partial charge in [-0.2, -0.15) is 5.26 Å².